The highest BCUT2D eigenvalue weighted by Gasteiger charge is 2.04. The van der Waals surface area contributed by atoms with E-state index in [9.17, 15) is 0 Å². The van der Waals surface area contributed by atoms with Crippen LogP contribution in [-0.4, -0.2) is 14.5 Å². The molecule has 0 radical (unpaired) electrons. The molecule has 0 saturated heterocycles. The van der Waals surface area contributed by atoms with Crippen LogP contribution in [0.1, 0.15) is 5.69 Å². The van der Waals surface area contributed by atoms with Crippen LogP contribution in [-0.2, 0) is 0 Å². The Morgan fingerprint density at radius 3 is 3.38 bits per heavy atom. The lowest BCUT2D eigenvalue weighted by atomic mass is 10.5. The van der Waals surface area contributed by atoms with Crippen molar-refractivity contribution in [2.24, 2.45) is 0 Å². The maximum Gasteiger partial charge on any atom is 0.203 e. The summed E-state index contributed by atoms with van der Waals surface area (Å²) < 4.78 is 3.57. The Morgan fingerprint density at radius 2 is 2.46 bits per heavy atom. The Balaban J connectivity index is 2.61. The van der Waals surface area contributed by atoms with Crippen LogP contribution in [0.3, 0.4) is 0 Å². The minimum absolute atomic E-state index is 0.672. The van der Waals surface area contributed by atoms with Gasteiger partial charge in [-0.1, -0.05) is 4.63 Å². The zero-order valence-electron chi connectivity index (χ0n) is 7.05. The Bertz CT molecular complexity index is 576. The standard InChI is InChI=1S/C8H7N5/c1-6-5-9-7-8(10-6)12-3-2-4-13(12)11-7/h2-5H,1H3. The molecule has 0 aliphatic carbocycles. The first kappa shape index (κ1) is 6.59. The summed E-state index contributed by atoms with van der Waals surface area (Å²) in [5.74, 6) is 0. The Kier molecular flexibility index (Phi) is 1.05. The molecule has 3 aromatic rings. The Morgan fingerprint density at radius 1 is 1.54 bits per heavy atom. The van der Waals surface area contributed by atoms with E-state index in [2.05, 4.69) is 15.1 Å². The summed E-state index contributed by atoms with van der Waals surface area (Å²) in [7, 11) is 0. The van der Waals surface area contributed by atoms with Crippen LogP contribution in [0.25, 0.3) is 11.3 Å². The molecule has 0 aliphatic rings. The zero-order valence-corrected chi connectivity index (χ0v) is 7.05. The highest BCUT2D eigenvalue weighted by atomic mass is 15.5. The molecule has 0 bridgehead atoms. The fourth-order valence-corrected chi connectivity index (χ4v) is 1.37. The summed E-state index contributed by atoms with van der Waals surface area (Å²) in [6, 6.07) is 1.91. The highest BCUT2D eigenvalue weighted by Crippen LogP contribution is 2.02. The zero-order chi connectivity index (χ0) is 8.84. The third kappa shape index (κ3) is 0.780. The monoisotopic (exact) mass is 173 g/mol. The molecule has 0 fully saturated rings. The molecule has 0 aliphatic heterocycles. The molecule has 3 rings (SSSR count). The highest BCUT2D eigenvalue weighted by molar-refractivity contribution is 5.62. The van der Waals surface area contributed by atoms with Crippen LogP contribution < -0.4 is 9.73 Å². The summed E-state index contributed by atoms with van der Waals surface area (Å²) in [4.78, 5) is 8.53. The molecule has 0 atom stereocenters. The van der Waals surface area contributed by atoms with E-state index < -0.39 is 0 Å². The number of rotatable bonds is 0. The van der Waals surface area contributed by atoms with Gasteiger partial charge in [-0.05, 0) is 13.1 Å². The third-order valence-corrected chi connectivity index (χ3v) is 1.94. The van der Waals surface area contributed by atoms with Crippen LogP contribution in [0.5, 0.6) is 0 Å². The topological polar surface area (TPSA) is 48.4 Å². The fourth-order valence-electron chi connectivity index (χ4n) is 1.37. The summed E-state index contributed by atoms with van der Waals surface area (Å²) in [6.45, 7) is 1.92. The number of aryl methyl sites for hydroxylation is 1. The second kappa shape index (κ2) is 2.07. The summed E-state index contributed by atoms with van der Waals surface area (Å²) in [5.41, 5.74) is 2.37. The van der Waals surface area contributed by atoms with Gasteiger partial charge in [0.25, 0.3) is 0 Å². The largest absolute Gasteiger partial charge is 0.360 e. The van der Waals surface area contributed by atoms with E-state index >= 15 is 0 Å². The minimum Gasteiger partial charge on any atom is -0.360 e. The van der Waals surface area contributed by atoms with Crippen molar-refractivity contribution in [3.05, 3.63) is 30.4 Å². The smallest absolute Gasteiger partial charge is 0.203 e. The first-order valence-corrected chi connectivity index (χ1v) is 4.00. The molecule has 0 unspecified atom stereocenters. The molecular formula is C8H7N5. The van der Waals surface area contributed by atoms with Crippen LogP contribution in [0.15, 0.2) is 24.7 Å². The first-order valence-electron chi connectivity index (χ1n) is 4.00. The molecule has 0 spiro atoms. The SMILES string of the molecule is Cc1cnc2[n-][n+]3cccn3c2n1. The molecule has 0 aromatic carbocycles. The van der Waals surface area contributed by atoms with Crippen molar-refractivity contribution in [1.29, 1.82) is 0 Å². The number of hydrogen-bond donors (Lipinski definition) is 0. The summed E-state index contributed by atoms with van der Waals surface area (Å²) >= 11 is 0. The van der Waals surface area contributed by atoms with E-state index in [4.69, 9.17) is 0 Å². The summed E-state index contributed by atoms with van der Waals surface area (Å²) in [5, 5.41) is 4.22. The van der Waals surface area contributed by atoms with Gasteiger partial charge in [-0.15, -0.1) is 5.10 Å². The van der Waals surface area contributed by atoms with Crippen LogP contribution in [0.2, 0.25) is 0 Å². The van der Waals surface area contributed by atoms with Gasteiger partial charge in [0, 0.05) is 18.0 Å². The minimum atomic E-state index is 0.672. The predicted molar refractivity (Wildman–Crippen MR) is 44.2 cm³/mol. The van der Waals surface area contributed by atoms with Crippen LogP contribution in [0.4, 0.5) is 0 Å². The predicted octanol–water partition coefficient (Wildman–Crippen LogP) is -0.266. The molecular weight excluding hydrogens is 166 g/mol. The maximum absolute atomic E-state index is 4.35. The molecule has 0 saturated carbocycles. The molecule has 0 N–H and O–H groups in total. The second-order valence-electron chi connectivity index (χ2n) is 2.91. The van der Waals surface area contributed by atoms with Crippen molar-refractivity contribution < 1.29 is 4.63 Å². The quantitative estimate of drug-likeness (QED) is 0.440. The van der Waals surface area contributed by atoms with Crippen LogP contribution in [0, 0.1) is 6.92 Å². The lowest BCUT2D eigenvalue weighted by Gasteiger charge is -1.93. The van der Waals surface area contributed by atoms with Gasteiger partial charge in [-0.25, -0.2) is 4.98 Å². The third-order valence-electron chi connectivity index (χ3n) is 1.94. The van der Waals surface area contributed by atoms with E-state index in [0.29, 0.717) is 5.65 Å². The van der Waals surface area contributed by atoms with Gasteiger partial charge < -0.3 is 4.98 Å². The maximum atomic E-state index is 4.35. The fraction of sp³-hybridized carbons (Fsp3) is 0.125. The van der Waals surface area contributed by atoms with Gasteiger partial charge in [-0.2, -0.15) is 4.52 Å². The lowest BCUT2D eigenvalue weighted by molar-refractivity contribution is -0.674. The first-order chi connectivity index (χ1) is 6.34. The molecule has 0 amide bonds. The van der Waals surface area contributed by atoms with Crippen molar-refractivity contribution in [2.45, 2.75) is 6.92 Å². The average Bonchev–Trinajstić information content (AvgIpc) is 2.64. The molecule has 64 valence electrons. The van der Waals surface area contributed by atoms with Crippen molar-refractivity contribution >= 4 is 11.3 Å². The molecule has 13 heavy (non-hydrogen) atoms. The van der Waals surface area contributed by atoms with Gasteiger partial charge in [0.15, 0.2) is 5.65 Å². The van der Waals surface area contributed by atoms with Crippen LogP contribution >= 0.6 is 0 Å². The van der Waals surface area contributed by atoms with E-state index in [0.717, 1.165) is 11.3 Å². The molecule has 3 aromatic heterocycles. The normalized spacial score (nSPS) is 11.5. The van der Waals surface area contributed by atoms with Crippen molar-refractivity contribution in [3.8, 4) is 0 Å². The molecule has 3 heterocycles. The van der Waals surface area contributed by atoms with Gasteiger partial charge in [0.05, 0.1) is 0 Å². The van der Waals surface area contributed by atoms with Crippen molar-refractivity contribution in [3.63, 3.8) is 0 Å². The Labute approximate surface area is 73.6 Å². The van der Waals surface area contributed by atoms with E-state index in [1.807, 2.05) is 29.9 Å². The van der Waals surface area contributed by atoms with Crippen molar-refractivity contribution in [2.75, 3.05) is 0 Å². The van der Waals surface area contributed by atoms with E-state index in [1.165, 1.54) is 0 Å². The second-order valence-corrected chi connectivity index (χ2v) is 2.91. The molecule has 5 heteroatoms. The molecule has 5 nitrogen and oxygen atoms in total. The lowest BCUT2D eigenvalue weighted by Crippen LogP contribution is -2.28. The van der Waals surface area contributed by atoms with Gasteiger partial charge >= 0.3 is 0 Å². The van der Waals surface area contributed by atoms with E-state index in [-0.39, 0.29) is 0 Å². The summed E-state index contributed by atoms with van der Waals surface area (Å²) in [6.07, 6.45) is 5.48. The number of hydrogen-bond acceptors (Lipinski definition) is 2. The van der Waals surface area contributed by atoms with E-state index in [1.54, 1.807) is 10.8 Å². The number of nitrogens with zero attached hydrogens (tertiary/aromatic N) is 5. The van der Waals surface area contributed by atoms with Gasteiger partial charge in [-0.3, -0.25) is 0 Å². The van der Waals surface area contributed by atoms with Gasteiger partial charge in [0.1, 0.15) is 5.65 Å². The average molecular weight is 173 g/mol. The number of fused-ring (bicyclic) bond motifs is 3. The van der Waals surface area contributed by atoms with Gasteiger partial charge in [0.2, 0.25) is 6.20 Å². The Hall–Kier alpha value is -1.91. The van der Waals surface area contributed by atoms with Crippen molar-refractivity contribution in [1.82, 2.24) is 19.6 Å². The number of aromatic nitrogens is 5.